The molecule has 0 N–H and O–H groups in total. The molecule has 7 nitrogen and oxygen atoms in total. The lowest BCUT2D eigenvalue weighted by molar-refractivity contribution is 0.174. The van der Waals surface area contributed by atoms with Gasteiger partial charge in [-0.1, -0.05) is 23.8 Å². The molecule has 3 heterocycles. The van der Waals surface area contributed by atoms with Crippen molar-refractivity contribution in [3.63, 3.8) is 0 Å². The number of fused-ring (bicyclic) bond motifs is 1. The number of aryl methyl sites for hydroxylation is 1. The van der Waals surface area contributed by atoms with Crippen LogP contribution in [0.1, 0.15) is 19.2 Å². The maximum absolute atomic E-state index is 5.38. The predicted octanol–water partition coefficient (Wildman–Crippen LogP) is 3.36. The molecule has 0 saturated heterocycles. The van der Waals surface area contributed by atoms with Gasteiger partial charge >= 0.3 is 0 Å². The fraction of sp³-hybridized carbons (Fsp3) is 0.312. The van der Waals surface area contributed by atoms with Gasteiger partial charge in [-0.15, -0.1) is 0 Å². The standard InChI is InChI=1S/C16H16N4O3S/c1-2-6-20-7-5-17-16(20)24-9-14-18-15(19-23-14)11-3-4-12-13(8-11)22-10-21-12/h3-5,7-8H,2,6,9-10H2,1H3. The van der Waals surface area contributed by atoms with E-state index in [0.717, 1.165) is 29.4 Å². The van der Waals surface area contributed by atoms with Crippen molar-refractivity contribution in [3.05, 3.63) is 36.5 Å². The molecule has 0 saturated carbocycles. The van der Waals surface area contributed by atoms with Crippen LogP contribution in [0.4, 0.5) is 0 Å². The average molecular weight is 344 g/mol. The minimum absolute atomic E-state index is 0.247. The van der Waals surface area contributed by atoms with E-state index in [9.17, 15) is 0 Å². The summed E-state index contributed by atoms with van der Waals surface area (Å²) in [5.74, 6) is 3.13. The predicted molar refractivity (Wildman–Crippen MR) is 87.9 cm³/mol. The van der Waals surface area contributed by atoms with Crippen molar-refractivity contribution in [3.8, 4) is 22.9 Å². The highest BCUT2D eigenvalue weighted by Crippen LogP contribution is 2.35. The summed E-state index contributed by atoms with van der Waals surface area (Å²) in [7, 11) is 0. The lowest BCUT2D eigenvalue weighted by atomic mass is 10.2. The van der Waals surface area contributed by atoms with E-state index in [4.69, 9.17) is 14.0 Å². The van der Waals surface area contributed by atoms with E-state index >= 15 is 0 Å². The summed E-state index contributed by atoms with van der Waals surface area (Å²) in [6, 6.07) is 5.60. The Morgan fingerprint density at radius 2 is 2.17 bits per heavy atom. The van der Waals surface area contributed by atoms with Gasteiger partial charge in [0.25, 0.3) is 0 Å². The molecule has 0 fully saturated rings. The molecule has 0 amide bonds. The third kappa shape index (κ3) is 2.96. The first kappa shape index (κ1) is 15.1. The number of imidazole rings is 1. The lowest BCUT2D eigenvalue weighted by Gasteiger charge is -2.03. The van der Waals surface area contributed by atoms with Crippen LogP contribution in [0.25, 0.3) is 11.4 Å². The van der Waals surface area contributed by atoms with Crippen molar-refractivity contribution in [2.45, 2.75) is 30.8 Å². The zero-order valence-electron chi connectivity index (χ0n) is 13.1. The fourth-order valence-corrected chi connectivity index (χ4v) is 3.26. The molecule has 1 aliphatic heterocycles. The van der Waals surface area contributed by atoms with Gasteiger partial charge in [0.15, 0.2) is 16.7 Å². The van der Waals surface area contributed by atoms with E-state index < -0.39 is 0 Å². The molecule has 0 atom stereocenters. The smallest absolute Gasteiger partial charge is 0.237 e. The van der Waals surface area contributed by atoms with Gasteiger partial charge in [0.2, 0.25) is 18.5 Å². The molecule has 0 unspecified atom stereocenters. The fourth-order valence-electron chi connectivity index (χ4n) is 2.44. The molecule has 4 rings (SSSR count). The Hall–Kier alpha value is -2.48. The zero-order valence-corrected chi connectivity index (χ0v) is 14.0. The van der Waals surface area contributed by atoms with Gasteiger partial charge in [0, 0.05) is 24.5 Å². The van der Waals surface area contributed by atoms with Crippen molar-refractivity contribution >= 4 is 11.8 Å². The lowest BCUT2D eigenvalue weighted by Crippen LogP contribution is -1.97. The molecule has 0 bridgehead atoms. The van der Waals surface area contributed by atoms with Gasteiger partial charge in [-0.2, -0.15) is 4.98 Å². The Labute approximate surface area is 143 Å². The number of hydrogen-bond donors (Lipinski definition) is 0. The summed E-state index contributed by atoms with van der Waals surface area (Å²) >= 11 is 1.59. The molecular weight excluding hydrogens is 328 g/mol. The summed E-state index contributed by atoms with van der Waals surface area (Å²) in [6.07, 6.45) is 4.86. The van der Waals surface area contributed by atoms with Gasteiger partial charge in [-0.3, -0.25) is 0 Å². The van der Waals surface area contributed by atoms with Gasteiger partial charge in [-0.05, 0) is 24.6 Å². The number of ether oxygens (including phenoxy) is 2. The Bertz CT molecular complexity index is 845. The SMILES string of the molecule is CCCn1ccnc1SCc1nc(-c2ccc3c(c2)OCO3)no1. The van der Waals surface area contributed by atoms with E-state index in [2.05, 4.69) is 26.6 Å². The Balaban J connectivity index is 1.46. The number of benzene rings is 1. The second kappa shape index (κ2) is 6.56. The molecule has 0 radical (unpaired) electrons. The van der Waals surface area contributed by atoms with E-state index in [1.54, 1.807) is 11.8 Å². The maximum atomic E-state index is 5.38. The Morgan fingerprint density at radius 1 is 1.25 bits per heavy atom. The monoisotopic (exact) mass is 344 g/mol. The summed E-state index contributed by atoms with van der Waals surface area (Å²) in [4.78, 5) is 8.81. The number of nitrogens with zero attached hydrogens (tertiary/aromatic N) is 4. The van der Waals surface area contributed by atoms with Crippen molar-refractivity contribution in [1.29, 1.82) is 0 Å². The zero-order chi connectivity index (χ0) is 16.4. The summed E-state index contributed by atoms with van der Waals surface area (Å²) < 4.78 is 18.2. The molecule has 0 aliphatic carbocycles. The summed E-state index contributed by atoms with van der Waals surface area (Å²) in [5, 5.41) is 5.01. The average Bonchev–Trinajstić information content (AvgIpc) is 3.33. The van der Waals surface area contributed by atoms with Gasteiger partial charge in [0.1, 0.15) is 0 Å². The van der Waals surface area contributed by atoms with Crippen LogP contribution in [-0.2, 0) is 12.3 Å². The molecule has 2 aromatic heterocycles. The molecule has 3 aromatic rings. The molecule has 24 heavy (non-hydrogen) atoms. The second-order valence-corrected chi connectivity index (χ2v) is 6.21. The van der Waals surface area contributed by atoms with Crippen LogP contribution in [0.3, 0.4) is 0 Å². The molecular formula is C16H16N4O3S. The van der Waals surface area contributed by atoms with Crippen LogP contribution in [0.2, 0.25) is 0 Å². The van der Waals surface area contributed by atoms with Gasteiger partial charge < -0.3 is 18.6 Å². The summed E-state index contributed by atoms with van der Waals surface area (Å²) in [5.41, 5.74) is 0.840. The molecule has 0 spiro atoms. The van der Waals surface area contributed by atoms with Crippen molar-refractivity contribution in [2.75, 3.05) is 6.79 Å². The van der Waals surface area contributed by atoms with Crippen LogP contribution < -0.4 is 9.47 Å². The minimum Gasteiger partial charge on any atom is -0.454 e. The quantitative estimate of drug-likeness (QED) is 0.635. The first-order chi connectivity index (χ1) is 11.8. The number of rotatable bonds is 6. The van der Waals surface area contributed by atoms with E-state index in [-0.39, 0.29) is 6.79 Å². The van der Waals surface area contributed by atoms with Crippen LogP contribution in [0.15, 0.2) is 40.3 Å². The Kier molecular flexibility index (Phi) is 4.12. The van der Waals surface area contributed by atoms with Crippen molar-refractivity contribution in [2.24, 2.45) is 0 Å². The first-order valence-electron chi connectivity index (χ1n) is 7.70. The maximum Gasteiger partial charge on any atom is 0.237 e. The molecule has 1 aromatic carbocycles. The van der Waals surface area contributed by atoms with Crippen LogP contribution >= 0.6 is 11.8 Å². The normalized spacial score (nSPS) is 12.7. The third-order valence-electron chi connectivity index (χ3n) is 3.57. The highest BCUT2D eigenvalue weighted by molar-refractivity contribution is 7.98. The Morgan fingerprint density at radius 3 is 3.08 bits per heavy atom. The largest absolute Gasteiger partial charge is 0.454 e. The molecule has 8 heteroatoms. The first-order valence-corrected chi connectivity index (χ1v) is 8.68. The van der Waals surface area contributed by atoms with Gasteiger partial charge in [0.05, 0.1) is 5.75 Å². The second-order valence-electron chi connectivity index (χ2n) is 5.27. The van der Waals surface area contributed by atoms with Crippen LogP contribution in [0, 0.1) is 0 Å². The summed E-state index contributed by atoms with van der Waals surface area (Å²) in [6.45, 7) is 3.34. The minimum atomic E-state index is 0.247. The van der Waals surface area contributed by atoms with Crippen LogP contribution in [-0.4, -0.2) is 26.5 Å². The number of aromatic nitrogens is 4. The van der Waals surface area contributed by atoms with Gasteiger partial charge in [-0.25, -0.2) is 4.98 Å². The third-order valence-corrected chi connectivity index (χ3v) is 4.55. The number of thioether (sulfide) groups is 1. The van der Waals surface area contributed by atoms with Crippen molar-refractivity contribution < 1.29 is 14.0 Å². The van der Waals surface area contributed by atoms with E-state index in [1.165, 1.54) is 0 Å². The van der Waals surface area contributed by atoms with E-state index in [1.807, 2.05) is 30.6 Å². The van der Waals surface area contributed by atoms with Crippen molar-refractivity contribution in [1.82, 2.24) is 19.7 Å². The molecule has 124 valence electrons. The topological polar surface area (TPSA) is 75.2 Å². The van der Waals surface area contributed by atoms with E-state index in [0.29, 0.717) is 23.2 Å². The molecule has 1 aliphatic rings. The highest BCUT2D eigenvalue weighted by atomic mass is 32.2. The number of hydrogen-bond acceptors (Lipinski definition) is 7. The highest BCUT2D eigenvalue weighted by Gasteiger charge is 2.17. The van der Waals surface area contributed by atoms with Crippen LogP contribution in [0.5, 0.6) is 11.5 Å².